The fourth-order valence-electron chi connectivity index (χ4n) is 3.06. The molecule has 1 aromatic carbocycles. The van der Waals surface area contributed by atoms with E-state index in [0.29, 0.717) is 5.56 Å². The van der Waals surface area contributed by atoms with Gasteiger partial charge in [-0.05, 0) is 30.5 Å². The van der Waals surface area contributed by atoms with Crippen LogP contribution in [-0.2, 0) is 16.0 Å². The molecule has 1 aromatic rings. The van der Waals surface area contributed by atoms with Crippen LogP contribution in [-0.4, -0.2) is 25.6 Å². The summed E-state index contributed by atoms with van der Waals surface area (Å²) in [6.07, 6.45) is 6.05. The fraction of sp³-hybridized carbons (Fsp3) is 0.588. The third-order valence-corrected chi connectivity index (χ3v) is 4.39. The predicted molar refractivity (Wildman–Crippen MR) is 79.1 cm³/mol. The summed E-state index contributed by atoms with van der Waals surface area (Å²) in [6.45, 7) is 0. The van der Waals surface area contributed by atoms with E-state index in [0.717, 1.165) is 38.5 Å². The third kappa shape index (κ3) is 3.62. The Bertz CT molecular complexity index is 491. The van der Waals surface area contributed by atoms with Gasteiger partial charge < -0.3 is 9.47 Å². The van der Waals surface area contributed by atoms with Crippen molar-refractivity contribution in [1.82, 2.24) is 0 Å². The van der Waals surface area contributed by atoms with Crippen molar-refractivity contribution in [2.24, 2.45) is 0 Å². The molecule has 3 nitrogen and oxygen atoms in total. The normalized spacial score (nSPS) is 18.0. The Morgan fingerprint density at radius 1 is 1.19 bits per heavy atom. The molecule has 0 bridgehead atoms. The molecule has 0 saturated heterocycles. The molecule has 1 aliphatic rings. The SMILES string of the molecule is COc1ccc(CC(=O)C2(OC)CCCCCC2)cc1F. The number of rotatable bonds is 5. The minimum atomic E-state index is -0.688. The predicted octanol–water partition coefficient (Wildman–Crippen LogP) is 3.69. The number of hydrogen-bond donors (Lipinski definition) is 0. The molecule has 0 spiro atoms. The van der Waals surface area contributed by atoms with Crippen LogP contribution >= 0.6 is 0 Å². The number of ether oxygens (including phenoxy) is 2. The Hall–Kier alpha value is -1.42. The molecule has 116 valence electrons. The summed E-state index contributed by atoms with van der Waals surface area (Å²) in [5.41, 5.74) is -0.0219. The summed E-state index contributed by atoms with van der Waals surface area (Å²) in [7, 11) is 3.03. The molecule has 0 aliphatic heterocycles. The number of hydrogen-bond acceptors (Lipinski definition) is 3. The van der Waals surface area contributed by atoms with Crippen LogP contribution in [0.15, 0.2) is 18.2 Å². The van der Waals surface area contributed by atoms with E-state index < -0.39 is 11.4 Å². The van der Waals surface area contributed by atoms with Gasteiger partial charge in [-0.15, -0.1) is 0 Å². The zero-order chi connectivity index (χ0) is 15.3. The van der Waals surface area contributed by atoms with E-state index in [2.05, 4.69) is 0 Å². The number of halogens is 1. The minimum absolute atomic E-state index is 0.0523. The number of Topliss-reactive ketones (excluding diaryl/α,β-unsaturated/α-hetero) is 1. The van der Waals surface area contributed by atoms with Crippen LogP contribution < -0.4 is 4.74 Å². The van der Waals surface area contributed by atoms with Gasteiger partial charge in [0.25, 0.3) is 0 Å². The van der Waals surface area contributed by atoms with Gasteiger partial charge in [0.1, 0.15) is 5.60 Å². The van der Waals surface area contributed by atoms with Crippen LogP contribution in [0.5, 0.6) is 5.75 Å². The standard InChI is InChI=1S/C17H23FO3/c1-20-15-8-7-13(11-14(15)18)12-16(19)17(21-2)9-5-3-4-6-10-17/h7-8,11H,3-6,9-10,12H2,1-2H3. The Morgan fingerprint density at radius 2 is 1.86 bits per heavy atom. The zero-order valence-electron chi connectivity index (χ0n) is 12.8. The molecule has 0 radical (unpaired) electrons. The van der Waals surface area contributed by atoms with Crippen molar-refractivity contribution in [3.05, 3.63) is 29.6 Å². The highest BCUT2D eigenvalue weighted by atomic mass is 19.1. The monoisotopic (exact) mass is 294 g/mol. The molecule has 1 fully saturated rings. The third-order valence-electron chi connectivity index (χ3n) is 4.39. The van der Waals surface area contributed by atoms with E-state index in [-0.39, 0.29) is 18.0 Å². The molecule has 0 amide bonds. The molecular formula is C17H23FO3. The Kier molecular flexibility index (Phi) is 5.34. The van der Waals surface area contributed by atoms with Crippen molar-refractivity contribution in [2.45, 2.75) is 50.5 Å². The van der Waals surface area contributed by atoms with Crippen molar-refractivity contribution in [3.63, 3.8) is 0 Å². The first-order chi connectivity index (χ1) is 10.1. The van der Waals surface area contributed by atoms with Crippen LogP contribution in [0.2, 0.25) is 0 Å². The minimum Gasteiger partial charge on any atom is -0.494 e. The Balaban J connectivity index is 2.13. The maximum absolute atomic E-state index is 13.7. The lowest BCUT2D eigenvalue weighted by Gasteiger charge is -2.29. The molecule has 0 unspecified atom stereocenters. The summed E-state index contributed by atoms with van der Waals surface area (Å²) in [6, 6.07) is 4.67. The van der Waals surface area contributed by atoms with Gasteiger partial charge in [-0.1, -0.05) is 31.7 Å². The largest absolute Gasteiger partial charge is 0.494 e. The van der Waals surface area contributed by atoms with E-state index >= 15 is 0 Å². The van der Waals surface area contributed by atoms with E-state index in [1.807, 2.05) is 0 Å². The first-order valence-electron chi connectivity index (χ1n) is 7.52. The summed E-state index contributed by atoms with van der Waals surface area (Å²) in [5.74, 6) is -0.186. The van der Waals surface area contributed by atoms with Crippen LogP contribution in [0.3, 0.4) is 0 Å². The van der Waals surface area contributed by atoms with E-state index in [1.165, 1.54) is 13.2 Å². The van der Waals surface area contributed by atoms with Crippen LogP contribution in [0.25, 0.3) is 0 Å². The zero-order valence-corrected chi connectivity index (χ0v) is 12.8. The molecule has 0 atom stereocenters. The van der Waals surface area contributed by atoms with Crippen molar-refractivity contribution in [1.29, 1.82) is 0 Å². The smallest absolute Gasteiger partial charge is 0.168 e. The van der Waals surface area contributed by atoms with Gasteiger partial charge in [-0.25, -0.2) is 4.39 Å². The maximum atomic E-state index is 13.7. The molecule has 1 aliphatic carbocycles. The van der Waals surface area contributed by atoms with Gasteiger partial charge >= 0.3 is 0 Å². The summed E-state index contributed by atoms with van der Waals surface area (Å²) >= 11 is 0. The first-order valence-corrected chi connectivity index (χ1v) is 7.52. The lowest BCUT2D eigenvalue weighted by Crippen LogP contribution is -2.41. The van der Waals surface area contributed by atoms with Gasteiger partial charge in [0, 0.05) is 13.5 Å². The number of methoxy groups -OCH3 is 2. The second kappa shape index (κ2) is 7.03. The highest BCUT2D eigenvalue weighted by Gasteiger charge is 2.38. The average molecular weight is 294 g/mol. The Labute approximate surface area is 125 Å². The van der Waals surface area contributed by atoms with E-state index in [1.54, 1.807) is 19.2 Å². The van der Waals surface area contributed by atoms with Gasteiger partial charge in [-0.2, -0.15) is 0 Å². The lowest BCUT2D eigenvalue weighted by molar-refractivity contribution is -0.142. The lowest BCUT2D eigenvalue weighted by atomic mass is 9.86. The topological polar surface area (TPSA) is 35.5 Å². The van der Waals surface area contributed by atoms with E-state index in [9.17, 15) is 9.18 Å². The molecule has 0 N–H and O–H groups in total. The van der Waals surface area contributed by atoms with Crippen LogP contribution in [0.4, 0.5) is 4.39 Å². The van der Waals surface area contributed by atoms with Crippen molar-refractivity contribution < 1.29 is 18.7 Å². The second-order valence-electron chi connectivity index (χ2n) is 5.68. The fourth-order valence-corrected chi connectivity index (χ4v) is 3.06. The number of benzene rings is 1. The summed E-state index contributed by atoms with van der Waals surface area (Å²) in [4.78, 5) is 12.7. The molecule has 0 heterocycles. The molecule has 21 heavy (non-hydrogen) atoms. The number of carbonyl (C=O) groups is 1. The highest BCUT2D eigenvalue weighted by molar-refractivity contribution is 5.89. The quantitative estimate of drug-likeness (QED) is 0.777. The van der Waals surface area contributed by atoms with Crippen LogP contribution in [0, 0.1) is 5.82 Å². The molecule has 0 aromatic heterocycles. The highest BCUT2D eigenvalue weighted by Crippen LogP contribution is 2.32. The molecule has 1 saturated carbocycles. The van der Waals surface area contributed by atoms with Crippen molar-refractivity contribution in [2.75, 3.05) is 14.2 Å². The summed E-state index contributed by atoms with van der Waals surface area (Å²) in [5, 5.41) is 0. The first kappa shape index (κ1) is 16.0. The van der Waals surface area contributed by atoms with Gasteiger partial charge in [-0.3, -0.25) is 4.79 Å². The van der Waals surface area contributed by atoms with Crippen molar-refractivity contribution >= 4 is 5.78 Å². The van der Waals surface area contributed by atoms with Crippen molar-refractivity contribution in [3.8, 4) is 5.75 Å². The van der Waals surface area contributed by atoms with Crippen LogP contribution in [0.1, 0.15) is 44.1 Å². The van der Waals surface area contributed by atoms with Gasteiger partial charge in [0.15, 0.2) is 17.3 Å². The maximum Gasteiger partial charge on any atom is 0.168 e. The molecule has 2 rings (SSSR count). The van der Waals surface area contributed by atoms with Gasteiger partial charge in [0.05, 0.1) is 7.11 Å². The second-order valence-corrected chi connectivity index (χ2v) is 5.68. The Morgan fingerprint density at radius 3 is 2.38 bits per heavy atom. The molecular weight excluding hydrogens is 271 g/mol. The van der Waals surface area contributed by atoms with Gasteiger partial charge in [0.2, 0.25) is 0 Å². The molecule has 4 heteroatoms. The number of carbonyl (C=O) groups excluding carboxylic acids is 1. The van der Waals surface area contributed by atoms with E-state index in [4.69, 9.17) is 9.47 Å². The number of ketones is 1. The summed E-state index contributed by atoms with van der Waals surface area (Å²) < 4.78 is 24.2. The average Bonchev–Trinajstić information content (AvgIpc) is 2.74.